The first-order valence-corrected chi connectivity index (χ1v) is 8.91. The van der Waals surface area contributed by atoms with E-state index in [1.54, 1.807) is 18.5 Å². The van der Waals surface area contributed by atoms with Crippen molar-refractivity contribution in [2.24, 2.45) is 0 Å². The van der Waals surface area contributed by atoms with Gasteiger partial charge < -0.3 is 5.32 Å². The van der Waals surface area contributed by atoms with Crippen molar-refractivity contribution in [1.29, 1.82) is 0 Å². The highest BCUT2D eigenvalue weighted by Crippen LogP contribution is 2.21. The molecule has 1 amide bonds. The minimum absolute atomic E-state index is 0.149. The number of halogens is 2. The Labute approximate surface area is 162 Å². The lowest BCUT2D eigenvalue weighted by molar-refractivity contribution is -0.120. The second kappa shape index (κ2) is 7.88. The number of rotatable bonds is 5. The number of aryl methyl sites for hydroxylation is 2. The molecule has 0 radical (unpaired) electrons. The Hall–Kier alpha value is -2.73. The van der Waals surface area contributed by atoms with Gasteiger partial charge in [-0.3, -0.25) is 9.78 Å². The van der Waals surface area contributed by atoms with Crippen molar-refractivity contribution in [3.8, 4) is 5.69 Å². The standard InChI is InChI=1S/C20H20ClFN4O/c1-12-6-7-23-11-19(12)26-14(3)17(13(2)25-26)9-20(27)24-10-15-4-5-16(22)8-18(15)21/h4-8,11H,9-10H2,1-3H3,(H,24,27). The summed E-state index contributed by atoms with van der Waals surface area (Å²) >= 11 is 6.00. The number of nitrogens with one attached hydrogen (secondary N) is 1. The van der Waals surface area contributed by atoms with Gasteiger partial charge in [0, 0.05) is 29.0 Å². The fraction of sp³-hybridized carbons (Fsp3) is 0.250. The molecule has 0 saturated heterocycles. The Morgan fingerprint density at radius 2 is 2.04 bits per heavy atom. The van der Waals surface area contributed by atoms with Gasteiger partial charge in [-0.15, -0.1) is 0 Å². The first-order valence-electron chi connectivity index (χ1n) is 8.53. The second-order valence-corrected chi connectivity index (χ2v) is 6.82. The molecule has 5 nitrogen and oxygen atoms in total. The van der Waals surface area contributed by atoms with Gasteiger partial charge in [-0.25, -0.2) is 9.07 Å². The van der Waals surface area contributed by atoms with Gasteiger partial charge in [0.05, 0.1) is 24.0 Å². The van der Waals surface area contributed by atoms with Gasteiger partial charge in [0.15, 0.2) is 0 Å². The van der Waals surface area contributed by atoms with Crippen molar-refractivity contribution in [3.63, 3.8) is 0 Å². The Morgan fingerprint density at radius 1 is 1.26 bits per heavy atom. The molecule has 1 N–H and O–H groups in total. The van der Waals surface area contributed by atoms with E-state index in [1.807, 2.05) is 31.5 Å². The highest BCUT2D eigenvalue weighted by atomic mass is 35.5. The van der Waals surface area contributed by atoms with Gasteiger partial charge >= 0.3 is 0 Å². The van der Waals surface area contributed by atoms with Crippen molar-refractivity contribution in [2.75, 3.05) is 0 Å². The molecule has 140 valence electrons. The summed E-state index contributed by atoms with van der Waals surface area (Å²) in [5.74, 6) is -0.552. The highest BCUT2D eigenvalue weighted by molar-refractivity contribution is 6.31. The average Bonchev–Trinajstić information content (AvgIpc) is 2.89. The van der Waals surface area contributed by atoms with Crippen molar-refractivity contribution in [3.05, 3.63) is 75.6 Å². The molecule has 0 fully saturated rings. The van der Waals surface area contributed by atoms with Gasteiger partial charge in [-0.2, -0.15) is 5.10 Å². The van der Waals surface area contributed by atoms with E-state index in [4.69, 9.17) is 11.6 Å². The third kappa shape index (κ3) is 4.17. The molecule has 2 aromatic heterocycles. The number of hydrogen-bond acceptors (Lipinski definition) is 3. The number of hydrogen-bond donors (Lipinski definition) is 1. The molecule has 2 heterocycles. The van der Waals surface area contributed by atoms with Crippen molar-refractivity contribution >= 4 is 17.5 Å². The predicted molar refractivity (Wildman–Crippen MR) is 103 cm³/mol. The molecule has 0 aliphatic carbocycles. The summed E-state index contributed by atoms with van der Waals surface area (Å²) in [6.45, 7) is 6.05. The summed E-state index contributed by atoms with van der Waals surface area (Å²) in [5, 5.41) is 7.69. The molecule has 0 bridgehead atoms. The van der Waals surface area contributed by atoms with E-state index in [-0.39, 0.29) is 18.9 Å². The number of carbonyl (C=O) groups excluding carboxylic acids is 1. The van der Waals surface area contributed by atoms with E-state index in [9.17, 15) is 9.18 Å². The van der Waals surface area contributed by atoms with Crippen LogP contribution in [-0.4, -0.2) is 20.7 Å². The Morgan fingerprint density at radius 3 is 2.74 bits per heavy atom. The summed E-state index contributed by atoms with van der Waals surface area (Å²) in [6, 6.07) is 6.04. The first kappa shape index (κ1) is 19.0. The van der Waals surface area contributed by atoms with Gasteiger partial charge in [0.2, 0.25) is 5.91 Å². The zero-order valence-electron chi connectivity index (χ0n) is 15.4. The van der Waals surface area contributed by atoms with Crippen LogP contribution >= 0.6 is 11.6 Å². The minimum atomic E-state index is -0.403. The second-order valence-electron chi connectivity index (χ2n) is 6.41. The van der Waals surface area contributed by atoms with Crippen LogP contribution in [0.15, 0.2) is 36.7 Å². The number of nitrogens with zero attached hydrogens (tertiary/aromatic N) is 3. The van der Waals surface area contributed by atoms with Crippen molar-refractivity contribution in [1.82, 2.24) is 20.1 Å². The Balaban J connectivity index is 1.74. The topological polar surface area (TPSA) is 59.8 Å². The summed E-state index contributed by atoms with van der Waals surface area (Å²) in [4.78, 5) is 16.6. The minimum Gasteiger partial charge on any atom is -0.352 e. The third-order valence-electron chi connectivity index (χ3n) is 4.51. The fourth-order valence-electron chi connectivity index (χ4n) is 2.92. The molecule has 0 aliphatic rings. The SMILES string of the molecule is Cc1ccncc1-n1nc(C)c(CC(=O)NCc2ccc(F)cc2Cl)c1C. The van der Waals surface area contributed by atoms with Crippen LogP contribution in [0, 0.1) is 26.6 Å². The van der Waals surface area contributed by atoms with Crippen LogP contribution in [0.25, 0.3) is 5.69 Å². The van der Waals surface area contributed by atoms with Crippen LogP contribution in [0.3, 0.4) is 0 Å². The number of pyridine rings is 1. The molecule has 3 aromatic rings. The van der Waals surface area contributed by atoms with Crippen LogP contribution in [-0.2, 0) is 17.8 Å². The summed E-state index contributed by atoms with van der Waals surface area (Å²) in [5.41, 5.74) is 5.19. The van der Waals surface area contributed by atoms with Crippen LogP contribution in [0.5, 0.6) is 0 Å². The van der Waals surface area contributed by atoms with Crippen LogP contribution in [0.1, 0.15) is 28.1 Å². The largest absolute Gasteiger partial charge is 0.352 e. The van der Waals surface area contributed by atoms with E-state index in [0.717, 1.165) is 28.2 Å². The molecule has 3 rings (SSSR count). The average molecular weight is 387 g/mol. The zero-order valence-corrected chi connectivity index (χ0v) is 16.1. The lowest BCUT2D eigenvalue weighted by Crippen LogP contribution is -2.25. The molecule has 0 unspecified atom stereocenters. The first-order chi connectivity index (χ1) is 12.9. The molecular formula is C20H20ClFN4O. The summed E-state index contributed by atoms with van der Waals surface area (Å²) in [7, 11) is 0. The van der Waals surface area contributed by atoms with Gasteiger partial charge in [0.1, 0.15) is 5.82 Å². The number of benzene rings is 1. The third-order valence-corrected chi connectivity index (χ3v) is 4.86. The molecule has 27 heavy (non-hydrogen) atoms. The Bertz CT molecular complexity index is 1000. The molecule has 1 aromatic carbocycles. The Kier molecular flexibility index (Phi) is 5.56. The van der Waals surface area contributed by atoms with Crippen molar-refractivity contribution < 1.29 is 9.18 Å². The van der Waals surface area contributed by atoms with Crippen LogP contribution in [0.2, 0.25) is 5.02 Å². The van der Waals surface area contributed by atoms with E-state index in [0.29, 0.717) is 10.6 Å². The number of aromatic nitrogens is 3. The maximum Gasteiger partial charge on any atom is 0.224 e. The number of carbonyl (C=O) groups is 1. The van der Waals surface area contributed by atoms with Gasteiger partial charge in [-0.1, -0.05) is 17.7 Å². The highest BCUT2D eigenvalue weighted by Gasteiger charge is 2.17. The molecule has 0 atom stereocenters. The normalized spacial score (nSPS) is 10.9. The lowest BCUT2D eigenvalue weighted by Gasteiger charge is -2.09. The summed E-state index contributed by atoms with van der Waals surface area (Å²) in [6.07, 6.45) is 3.70. The quantitative estimate of drug-likeness (QED) is 0.724. The van der Waals surface area contributed by atoms with E-state index >= 15 is 0 Å². The van der Waals surface area contributed by atoms with E-state index in [2.05, 4.69) is 15.4 Å². The zero-order chi connectivity index (χ0) is 19.6. The molecule has 0 spiro atoms. The molecule has 0 aliphatic heterocycles. The van der Waals surface area contributed by atoms with Crippen LogP contribution in [0.4, 0.5) is 4.39 Å². The maximum absolute atomic E-state index is 13.1. The van der Waals surface area contributed by atoms with Gasteiger partial charge in [-0.05, 0) is 50.1 Å². The van der Waals surface area contributed by atoms with Crippen molar-refractivity contribution in [2.45, 2.75) is 33.7 Å². The molecule has 7 heteroatoms. The molecular weight excluding hydrogens is 367 g/mol. The maximum atomic E-state index is 13.1. The summed E-state index contributed by atoms with van der Waals surface area (Å²) < 4.78 is 14.9. The van der Waals surface area contributed by atoms with Gasteiger partial charge in [0.25, 0.3) is 0 Å². The monoisotopic (exact) mass is 386 g/mol. The predicted octanol–water partition coefficient (Wildman–Crippen LogP) is 3.84. The lowest BCUT2D eigenvalue weighted by atomic mass is 10.1. The van der Waals surface area contributed by atoms with E-state index in [1.165, 1.54) is 12.1 Å². The fourth-order valence-corrected chi connectivity index (χ4v) is 3.16. The smallest absolute Gasteiger partial charge is 0.224 e. The molecule has 0 saturated carbocycles. The number of amides is 1. The van der Waals surface area contributed by atoms with E-state index < -0.39 is 5.82 Å². The van der Waals surface area contributed by atoms with Crippen LogP contribution < -0.4 is 5.32 Å².